The molecule has 0 aliphatic heterocycles. The minimum absolute atomic E-state index is 0.190. The molecule has 4 nitrogen and oxygen atoms in total. The molecule has 0 aromatic carbocycles. The van der Waals surface area contributed by atoms with Crippen LogP contribution in [-0.4, -0.2) is 12.1 Å². The standard InChI is InChI=1S/C4H8N4/c5-3-1-4(2-3)7-8-6/h3-4H,1-2,5H2/t3-,4+. The van der Waals surface area contributed by atoms with Crippen molar-refractivity contribution in [3.8, 4) is 0 Å². The van der Waals surface area contributed by atoms with E-state index in [2.05, 4.69) is 10.0 Å². The summed E-state index contributed by atoms with van der Waals surface area (Å²) in [5.74, 6) is 0. The lowest BCUT2D eigenvalue weighted by Crippen LogP contribution is -2.38. The Kier molecular flexibility index (Phi) is 1.37. The number of nitrogens with two attached hydrogens (primary N) is 1. The first-order valence-corrected chi connectivity index (χ1v) is 2.62. The van der Waals surface area contributed by atoms with Crippen molar-refractivity contribution in [2.45, 2.75) is 24.9 Å². The molecule has 1 aliphatic rings. The van der Waals surface area contributed by atoms with E-state index < -0.39 is 0 Å². The Morgan fingerprint density at radius 2 is 2.25 bits per heavy atom. The van der Waals surface area contributed by atoms with Crippen molar-refractivity contribution in [3.05, 3.63) is 10.4 Å². The lowest BCUT2D eigenvalue weighted by Gasteiger charge is -2.27. The van der Waals surface area contributed by atoms with E-state index in [0.717, 1.165) is 12.8 Å². The van der Waals surface area contributed by atoms with Crippen LogP contribution in [-0.2, 0) is 0 Å². The van der Waals surface area contributed by atoms with Crippen molar-refractivity contribution in [2.75, 3.05) is 0 Å². The van der Waals surface area contributed by atoms with Gasteiger partial charge in [0.05, 0.1) is 0 Å². The van der Waals surface area contributed by atoms with Crippen LogP contribution >= 0.6 is 0 Å². The van der Waals surface area contributed by atoms with Gasteiger partial charge in [-0.25, -0.2) is 0 Å². The highest BCUT2D eigenvalue weighted by atomic mass is 15.2. The Labute approximate surface area is 47.3 Å². The highest BCUT2D eigenvalue weighted by Crippen LogP contribution is 2.20. The molecular formula is C4H8N4. The van der Waals surface area contributed by atoms with Crippen molar-refractivity contribution in [1.29, 1.82) is 0 Å². The Morgan fingerprint density at radius 1 is 1.62 bits per heavy atom. The molecular weight excluding hydrogens is 104 g/mol. The van der Waals surface area contributed by atoms with Gasteiger partial charge in [0.1, 0.15) is 0 Å². The zero-order valence-electron chi connectivity index (χ0n) is 4.49. The van der Waals surface area contributed by atoms with Gasteiger partial charge in [-0.15, -0.1) is 0 Å². The molecule has 1 rings (SSSR count). The number of hydrogen-bond donors (Lipinski definition) is 1. The number of nitrogens with zero attached hydrogens (tertiary/aromatic N) is 3. The maximum atomic E-state index is 7.91. The van der Waals surface area contributed by atoms with Gasteiger partial charge in [0, 0.05) is 17.0 Å². The van der Waals surface area contributed by atoms with Crippen LogP contribution in [0.3, 0.4) is 0 Å². The van der Waals surface area contributed by atoms with E-state index in [-0.39, 0.29) is 12.1 Å². The summed E-state index contributed by atoms with van der Waals surface area (Å²) in [4.78, 5) is 2.66. The molecule has 1 saturated carbocycles. The predicted octanol–water partition coefficient (Wildman–Crippen LogP) is 0.786. The first kappa shape index (κ1) is 5.41. The predicted molar refractivity (Wildman–Crippen MR) is 30.1 cm³/mol. The van der Waals surface area contributed by atoms with Gasteiger partial charge in [0.2, 0.25) is 0 Å². The number of azide groups is 1. The second-order valence-corrected chi connectivity index (χ2v) is 2.09. The number of rotatable bonds is 1. The van der Waals surface area contributed by atoms with Gasteiger partial charge in [-0.2, -0.15) is 0 Å². The second kappa shape index (κ2) is 2.03. The van der Waals surface area contributed by atoms with Crippen LogP contribution in [0.2, 0.25) is 0 Å². The van der Waals surface area contributed by atoms with Gasteiger partial charge in [0.15, 0.2) is 0 Å². The third kappa shape index (κ3) is 0.911. The fourth-order valence-corrected chi connectivity index (χ4v) is 0.797. The van der Waals surface area contributed by atoms with Crippen LogP contribution in [0.25, 0.3) is 10.4 Å². The van der Waals surface area contributed by atoms with Crippen LogP contribution in [0.1, 0.15) is 12.8 Å². The van der Waals surface area contributed by atoms with Crippen molar-refractivity contribution < 1.29 is 0 Å². The van der Waals surface area contributed by atoms with Crippen LogP contribution < -0.4 is 5.73 Å². The van der Waals surface area contributed by atoms with Crippen LogP contribution in [0.5, 0.6) is 0 Å². The molecule has 0 atom stereocenters. The average Bonchev–Trinajstić information content (AvgIpc) is 1.64. The van der Waals surface area contributed by atoms with Crippen molar-refractivity contribution in [1.82, 2.24) is 0 Å². The summed E-state index contributed by atoms with van der Waals surface area (Å²) in [6.45, 7) is 0. The topological polar surface area (TPSA) is 74.8 Å². The van der Waals surface area contributed by atoms with Gasteiger partial charge in [-0.1, -0.05) is 5.11 Å². The van der Waals surface area contributed by atoms with E-state index in [4.69, 9.17) is 11.3 Å². The zero-order valence-corrected chi connectivity index (χ0v) is 4.49. The van der Waals surface area contributed by atoms with Gasteiger partial charge < -0.3 is 5.73 Å². The fraction of sp³-hybridized carbons (Fsp3) is 1.00. The molecule has 2 N–H and O–H groups in total. The van der Waals surface area contributed by atoms with E-state index in [9.17, 15) is 0 Å². The first-order chi connectivity index (χ1) is 3.83. The quantitative estimate of drug-likeness (QED) is 0.304. The Hall–Kier alpha value is -0.730. The summed E-state index contributed by atoms with van der Waals surface area (Å²) in [5, 5.41) is 3.48. The lowest BCUT2D eigenvalue weighted by atomic mass is 9.89. The molecule has 0 saturated heterocycles. The van der Waals surface area contributed by atoms with Crippen LogP contribution in [0.15, 0.2) is 5.11 Å². The molecule has 0 amide bonds. The van der Waals surface area contributed by atoms with Crippen LogP contribution in [0.4, 0.5) is 0 Å². The first-order valence-electron chi connectivity index (χ1n) is 2.62. The van der Waals surface area contributed by atoms with E-state index in [0.29, 0.717) is 0 Å². The molecule has 44 valence electrons. The van der Waals surface area contributed by atoms with Crippen molar-refractivity contribution in [2.24, 2.45) is 10.8 Å². The fourth-order valence-electron chi connectivity index (χ4n) is 0.797. The zero-order chi connectivity index (χ0) is 5.98. The van der Waals surface area contributed by atoms with Crippen molar-refractivity contribution >= 4 is 0 Å². The molecule has 0 radical (unpaired) electrons. The molecule has 0 unspecified atom stereocenters. The van der Waals surface area contributed by atoms with Gasteiger partial charge >= 0.3 is 0 Å². The molecule has 4 heteroatoms. The monoisotopic (exact) mass is 112 g/mol. The molecule has 1 aliphatic carbocycles. The lowest BCUT2D eigenvalue weighted by molar-refractivity contribution is 0.351. The molecule has 0 spiro atoms. The van der Waals surface area contributed by atoms with Gasteiger partial charge in [-0.3, -0.25) is 0 Å². The Bertz CT molecular complexity index is 120. The smallest absolute Gasteiger partial charge is 0.0403 e. The summed E-state index contributed by atoms with van der Waals surface area (Å²) >= 11 is 0. The maximum absolute atomic E-state index is 7.91. The summed E-state index contributed by atoms with van der Waals surface area (Å²) < 4.78 is 0. The summed E-state index contributed by atoms with van der Waals surface area (Å²) in [6.07, 6.45) is 1.73. The third-order valence-electron chi connectivity index (χ3n) is 1.36. The average molecular weight is 112 g/mol. The summed E-state index contributed by atoms with van der Waals surface area (Å²) in [7, 11) is 0. The van der Waals surface area contributed by atoms with Gasteiger partial charge in [0.25, 0.3) is 0 Å². The Morgan fingerprint density at radius 3 is 2.62 bits per heavy atom. The van der Waals surface area contributed by atoms with E-state index >= 15 is 0 Å². The minimum Gasteiger partial charge on any atom is -0.328 e. The summed E-state index contributed by atoms with van der Waals surface area (Å²) in [5.41, 5.74) is 13.3. The Balaban J connectivity index is 2.25. The molecule has 0 aromatic heterocycles. The largest absolute Gasteiger partial charge is 0.328 e. The normalized spacial score (nSPS) is 35.1. The van der Waals surface area contributed by atoms with Crippen molar-refractivity contribution in [3.63, 3.8) is 0 Å². The molecule has 0 aromatic rings. The third-order valence-corrected chi connectivity index (χ3v) is 1.36. The van der Waals surface area contributed by atoms with E-state index in [1.165, 1.54) is 0 Å². The van der Waals surface area contributed by atoms with Crippen LogP contribution in [0, 0.1) is 0 Å². The highest BCUT2D eigenvalue weighted by Gasteiger charge is 2.23. The molecule has 0 bridgehead atoms. The van der Waals surface area contributed by atoms with Gasteiger partial charge in [-0.05, 0) is 18.4 Å². The summed E-state index contributed by atoms with van der Waals surface area (Å²) in [6, 6.07) is 0.473. The SMILES string of the molecule is [N-]=[N+]=N[C@H]1C[C@@H](N)C1. The number of hydrogen-bond acceptors (Lipinski definition) is 2. The molecule has 1 fully saturated rings. The second-order valence-electron chi connectivity index (χ2n) is 2.09. The maximum Gasteiger partial charge on any atom is 0.0403 e. The van der Waals surface area contributed by atoms with E-state index in [1.807, 2.05) is 0 Å². The van der Waals surface area contributed by atoms with E-state index in [1.54, 1.807) is 0 Å². The minimum atomic E-state index is 0.190. The molecule has 0 heterocycles. The highest BCUT2D eigenvalue weighted by molar-refractivity contribution is 4.87. The molecule has 8 heavy (non-hydrogen) atoms.